The third-order valence-electron chi connectivity index (χ3n) is 4.04. The molecule has 0 radical (unpaired) electrons. The minimum atomic E-state index is -1.05. The first-order chi connectivity index (χ1) is 12.2. The van der Waals surface area contributed by atoms with Crippen molar-refractivity contribution >= 4 is 12.1 Å². The molecule has 130 valence electrons. The van der Waals surface area contributed by atoms with Gasteiger partial charge in [0.2, 0.25) is 0 Å². The van der Waals surface area contributed by atoms with Crippen LogP contribution in [0.15, 0.2) is 53.5 Å². The Morgan fingerprint density at radius 1 is 1.08 bits per heavy atom. The summed E-state index contributed by atoms with van der Waals surface area (Å²) in [7, 11) is 0. The van der Waals surface area contributed by atoms with Crippen LogP contribution in [0, 0.1) is 0 Å². The van der Waals surface area contributed by atoms with Crippen LogP contribution in [0.3, 0.4) is 0 Å². The average molecular weight is 340 g/mol. The molecule has 2 aromatic rings. The van der Waals surface area contributed by atoms with Crippen molar-refractivity contribution in [3.63, 3.8) is 0 Å². The second-order valence-corrected chi connectivity index (χ2v) is 5.63. The minimum absolute atomic E-state index is 0.00481. The highest BCUT2D eigenvalue weighted by atomic mass is 16.6. The summed E-state index contributed by atoms with van der Waals surface area (Å²) in [6.45, 7) is -0.0486. The van der Waals surface area contributed by atoms with Crippen molar-refractivity contribution in [2.24, 2.45) is 4.99 Å². The predicted molar refractivity (Wildman–Crippen MR) is 90.4 cm³/mol. The summed E-state index contributed by atoms with van der Waals surface area (Å²) in [6, 6.07) is 16.2. The molecule has 6 heteroatoms. The molecule has 0 heterocycles. The summed E-state index contributed by atoms with van der Waals surface area (Å²) >= 11 is 0. The molecule has 0 saturated heterocycles. The second kappa shape index (κ2) is 7.81. The maximum Gasteiger partial charge on any atom is 0.329 e. The molecule has 6 nitrogen and oxygen atoms in total. The van der Waals surface area contributed by atoms with Crippen LogP contribution in [0.1, 0.15) is 17.0 Å². The highest BCUT2D eigenvalue weighted by molar-refractivity contribution is 5.79. The molecule has 0 amide bonds. The topological polar surface area (TPSA) is 91.2 Å². The summed E-state index contributed by atoms with van der Waals surface area (Å²) in [5.74, 6) is -1.06. The zero-order valence-electron chi connectivity index (χ0n) is 13.6. The number of ether oxygens (including phenoxy) is 2. The normalized spacial score (nSPS) is 13.4. The molecule has 1 N–H and O–H groups in total. The number of hydrogen-bond donors (Lipinski definition) is 1. The Morgan fingerprint density at radius 3 is 2.28 bits per heavy atom. The van der Waals surface area contributed by atoms with Gasteiger partial charge in [0.25, 0.3) is 0 Å². The number of nitrogens with zero attached hydrogens (tertiary/aromatic N) is 1. The maximum atomic E-state index is 11.8. The fraction of sp³-hybridized carbons (Fsp3) is 0.263. The van der Waals surface area contributed by atoms with E-state index < -0.39 is 18.7 Å². The van der Waals surface area contributed by atoms with E-state index in [2.05, 4.69) is 17.1 Å². The Balaban J connectivity index is 1.61. The van der Waals surface area contributed by atoms with Gasteiger partial charge in [0.05, 0.1) is 13.2 Å². The van der Waals surface area contributed by atoms with Gasteiger partial charge in [0.15, 0.2) is 0 Å². The van der Waals surface area contributed by atoms with Gasteiger partial charge < -0.3 is 19.7 Å². The smallest absolute Gasteiger partial charge is 0.329 e. The van der Waals surface area contributed by atoms with Crippen LogP contribution < -0.4 is 5.11 Å². The molecule has 0 unspecified atom stereocenters. The molecular formula is C19H18NO5-. The number of carbonyl (C=O) groups is 1. The molecule has 0 aromatic heterocycles. The summed E-state index contributed by atoms with van der Waals surface area (Å²) in [5, 5.41) is 20.2. The Morgan fingerprint density at radius 2 is 1.68 bits per heavy atom. The lowest BCUT2D eigenvalue weighted by atomic mass is 9.98. The lowest BCUT2D eigenvalue weighted by molar-refractivity contribution is -0.251. The van der Waals surface area contributed by atoms with Gasteiger partial charge in [-0.05, 0) is 22.3 Å². The summed E-state index contributed by atoms with van der Waals surface area (Å²) < 4.78 is 10.1. The van der Waals surface area contributed by atoms with E-state index in [9.17, 15) is 9.90 Å². The van der Waals surface area contributed by atoms with E-state index in [1.54, 1.807) is 0 Å². The van der Waals surface area contributed by atoms with Crippen LogP contribution in [-0.4, -0.2) is 43.5 Å². The van der Waals surface area contributed by atoms with Gasteiger partial charge in [-0.3, -0.25) is 4.99 Å². The Bertz CT molecular complexity index is 741. The second-order valence-electron chi connectivity index (χ2n) is 5.63. The van der Waals surface area contributed by atoms with Crippen molar-refractivity contribution in [1.29, 1.82) is 0 Å². The van der Waals surface area contributed by atoms with Gasteiger partial charge in [0.1, 0.15) is 12.7 Å². The Kier molecular flexibility index (Phi) is 5.30. The van der Waals surface area contributed by atoms with Crippen LogP contribution >= 0.6 is 0 Å². The number of benzene rings is 2. The van der Waals surface area contributed by atoms with Crippen LogP contribution in [0.25, 0.3) is 11.1 Å². The molecule has 0 bridgehead atoms. The van der Waals surface area contributed by atoms with E-state index in [0.29, 0.717) is 0 Å². The van der Waals surface area contributed by atoms with Gasteiger partial charge in [0, 0.05) is 12.5 Å². The first-order valence-corrected chi connectivity index (χ1v) is 7.99. The molecule has 0 aliphatic heterocycles. The molecule has 0 spiro atoms. The monoisotopic (exact) mass is 340 g/mol. The first-order valence-electron chi connectivity index (χ1n) is 7.99. The highest BCUT2D eigenvalue weighted by Gasteiger charge is 2.26. The van der Waals surface area contributed by atoms with Gasteiger partial charge in [-0.2, -0.15) is 0 Å². The molecule has 25 heavy (non-hydrogen) atoms. The molecule has 0 atom stereocenters. The number of hydrogen-bond acceptors (Lipinski definition) is 5. The molecule has 1 aliphatic rings. The van der Waals surface area contributed by atoms with Crippen molar-refractivity contribution in [2.45, 2.75) is 5.92 Å². The molecule has 0 fully saturated rings. The SMILES string of the molecule is O=C(O)COCCN=C([O-])OCC1c2ccccc2-c2ccccc21. The first kappa shape index (κ1) is 17.0. The fourth-order valence-corrected chi connectivity index (χ4v) is 3.00. The van der Waals surface area contributed by atoms with Gasteiger partial charge in [-0.25, -0.2) is 4.79 Å². The van der Waals surface area contributed by atoms with Crippen LogP contribution in [0.4, 0.5) is 0 Å². The molecule has 1 aliphatic carbocycles. The largest absolute Gasteiger partial charge is 0.599 e. The lowest BCUT2D eigenvalue weighted by Gasteiger charge is -2.20. The fourth-order valence-electron chi connectivity index (χ4n) is 3.00. The van der Waals surface area contributed by atoms with E-state index in [-0.39, 0.29) is 25.7 Å². The van der Waals surface area contributed by atoms with Gasteiger partial charge in [-0.1, -0.05) is 48.5 Å². The van der Waals surface area contributed by atoms with Crippen molar-refractivity contribution in [2.75, 3.05) is 26.4 Å². The van der Waals surface area contributed by atoms with E-state index in [0.717, 1.165) is 22.3 Å². The number of rotatable bonds is 7. The van der Waals surface area contributed by atoms with Crippen molar-refractivity contribution in [3.05, 3.63) is 59.7 Å². The summed E-state index contributed by atoms with van der Waals surface area (Å²) in [6.07, 6.45) is -0.666. The average Bonchev–Trinajstić information content (AvgIpc) is 2.93. The van der Waals surface area contributed by atoms with Crippen molar-refractivity contribution in [3.8, 4) is 11.1 Å². The van der Waals surface area contributed by atoms with E-state index >= 15 is 0 Å². The number of carboxylic acid groups (broad SMARTS) is 1. The molecule has 2 aromatic carbocycles. The van der Waals surface area contributed by atoms with Gasteiger partial charge >= 0.3 is 5.97 Å². The number of carboxylic acids is 1. The predicted octanol–water partition coefficient (Wildman–Crippen LogP) is 1.63. The molecular weight excluding hydrogens is 322 g/mol. The molecule has 0 saturated carbocycles. The maximum absolute atomic E-state index is 11.8. The molecule has 3 rings (SSSR count). The summed E-state index contributed by atoms with van der Waals surface area (Å²) in [4.78, 5) is 14.0. The zero-order valence-corrected chi connectivity index (χ0v) is 13.6. The Hall–Kier alpha value is -2.86. The van der Waals surface area contributed by atoms with E-state index in [4.69, 9.17) is 14.6 Å². The lowest BCUT2D eigenvalue weighted by Crippen LogP contribution is -2.25. The van der Waals surface area contributed by atoms with Crippen LogP contribution in [0.5, 0.6) is 0 Å². The third kappa shape index (κ3) is 3.97. The van der Waals surface area contributed by atoms with Crippen LogP contribution in [-0.2, 0) is 14.3 Å². The van der Waals surface area contributed by atoms with E-state index in [1.807, 2.05) is 36.4 Å². The minimum Gasteiger partial charge on any atom is -0.599 e. The van der Waals surface area contributed by atoms with E-state index in [1.165, 1.54) is 0 Å². The Labute approximate surface area is 145 Å². The highest BCUT2D eigenvalue weighted by Crippen LogP contribution is 2.44. The third-order valence-corrected chi connectivity index (χ3v) is 4.04. The van der Waals surface area contributed by atoms with Crippen molar-refractivity contribution in [1.82, 2.24) is 0 Å². The zero-order chi connectivity index (χ0) is 17.6. The van der Waals surface area contributed by atoms with Crippen LogP contribution in [0.2, 0.25) is 0 Å². The number of aliphatic carboxylic acids is 1. The summed E-state index contributed by atoms with van der Waals surface area (Å²) in [5.41, 5.74) is 4.61. The number of fused-ring (bicyclic) bond motifs is 3. The van der Waals surface area contributed by atoms with Crippen molar-refractivity contribution < 1.29 is 24.5 Å². The quantitative estimate of drug-likeness (QED) is 0.470. The van der Waals surface area contributed by atoms with Gasteiger partial charge in [-0.15, -0.1) is 0 Å². The standard InChI is InChI=1S/C19H19NO5/c21-18(22)12-24-10-9-20-19(23)25-11-17-15-7-3-1-5-13(15)14-6-2-4-8-16(14)17/h1-8,17H,9-12H2,(H,20,23)(H,21,22)/p-1. The number of aliphatic imine (C=N–C) groups is 1.